The quantitative estimate of drug-likeness (QED) is 0.729. The van der Waals surface area contributed by atoms with E-state index in [0.717, 1.165) is 0 Å². The van der Waals surface area contributed by atoms with E-state index in [4.69, 9.17) is 32.4 Å². The van der Waals surface area contributed by atoms with Crippen molar-refractivity contribution in [3.05, 3.63) is 52.5 Å². The van der Waals surface area contributed by atoms with Crippen LogP contribution in [0.1, 0.15) is 5.89 Å². The largest absolute Gasteiger partial charge is 0.482 e. The second kappa shape index (κ2) is 5.07. The highest BCUT2D eigenvalue weighted by molar-refractivity contribution is 6.32. The summed E-state index contributed by atoms with van der Waals surface area (Å²) >= 11 is 11.8. The zero-order valence-corrected chi connectivity index (χ0v) is 11.1. The number of rotatable bonds is 3. The summed E-state index contributed by atoms with van der Waals surface area (Å²) in [5.74, 6) is 1.00. The Kier molecular flexibility index (Phi) is 3.27. The van der Waals surface area contributed by atoms with Gasteiger partial charge in [-0.25, -0.2) is 9.97 Å². The molecule has 3 aromatic rings. The Morgan fingerprint density at radius 3 is 2.89 bits per heavy atom. The SMILES string of the molecule is Clc1cnc2oc(COc3ccccc3Cl)nc2c1. The fraction of sp³-hybridized carbons (Fsp3) is 0.0769. The molecule has 0 aliphatic carbocycles. The normalized spacial score (nSPS) is 10.8. The fourth-order valence-electron chi connectivity index (χ4n) is 1.61. The van der Waals surface area contributed by atoms with Gasteiger partial charge in [0.2, 0.25) is 11.6 Å². The number of pyridine rings is 1. The standard InChI is InChI=1S/C13H8Cl2N2O2/c14-8-5-10-13(16-6-8)19-12(17-10)7-18-11-4-2-1-3-9(11)15/h1-6H,7H2. The number of oxazole rings is 1. The van der Waals surface area contributed by atoms with Gasteiger partial charge in [-0.2, -0.15) is 0 Å². The van der Waals surface area contributed by atoms with Crippen LogP contribution in [0.4, 0.5) is 0 Å². The highest BCUT2D eigenvalue weighted by atomic mass is 35.5. The van der Waals surface area contributed by atoms with Gasteiger partial charge in [0.15, 0.2) is 6.61 Å². The first kappa shape index (κ1) is 12.3. The number of hydrogen-bond acceptors (Lipinski definition) is 4. The molecule has 4 nitrogen and oxygen atoms in total. The Hall–Kier alpha value is -1.78. The van der Waals surface area contributed by atoms with Crippen LogP contribution in [0.5, 0.6) is 5.75 Å². The van der Waals surface area contributed by atoms with Crippen molar-refractivity contribution in [3.63, 3.8) is 0 Å². The van der Waals surface area contributed by atoms with E-state index in [1.54, 1.807) is 18.2 Å². The molecule has 0 bridgehead atoms. The lowest BCUT2D eigenvalue weighted by Gasteiger charge is -2.04. The zero-order valence-electron chi connectivity index (χ0n) is 9.64. The third-order valence-electron chi connectivity index (χ3n) is 2.45. The highest BCUT2D eigenvalue weighted by Crippen LogP contribution is 2.24. The molecular formula is C13H8Cl2N2O2. The van der Waals surface area contributed by atoms with Gasteiger partial charge in [0, 0.05) is 6.20 Å². The van der Waals surface area contributed by atoms with Crippen molar-refractivity contribution < 1.29 is 9.15 Å². The molecular weight excluding hydrogens is 287 g/mol. The molecule has 19 heavy (non-hydrogen) atoms. The first-order valence-electron chi connectivity index (χ1n) is 5.50. The zero-order chi connectivity index (χ0) is 13.2. The molecule has 96 valence electrons. The monoisotopic (exact) mass is 294 g/mol. The second-order valence-electron chi connectivity index (χ2n) is 3.80. The Morgan fingerprint density at radius 1 is 1.21 bits per heavy atom. The van der Waals surface area contributed by atoms with Crippen molar-refractivity contribution >= 4 is 34.4 Å². The van der Waals surface area contributed by atoms with Crippen molar-refractivity contribution in [1.29, 1.82) is 0 Å². The number of aromatic nitrogens is 2. The highest BCUT2D eigenvalue weighted by Gasteiger charge is 2.09. The maximum Gasteiger partial charge on any atom is 0.247 e. The van der Waals surface area contributed by atoms with Gasteiger partial charge in [-0.05, 0) is 18.2 Å². The third kappa shape index (κ3) is 2.64. The summed E-state index contributed by atoms with van der Waals surface area (Å²) in [7, 11) is 0. The van der Waals surface area contributed by atoms with E-state index in [1.807, 2.05) is 12.1 Å². The van der Waals surface area contributed by atoms with Crippen LogP contribution < -0.4 is 4.74 Å². The minimum atomic E-state index is 0.178. The summed E-state index contributed by atoms with van der Waals surface area (Å²) in [6, 6.07) is 8.89. The van der Waals surface area contributed by atoms with Gasteiger partial charge in [0.1, 0.15) is 11.3 Å². The van der Waals surface area contributed by atoms with Crippen LogP contribution in [0.25, 0.3) is 11.2 Å². The summed E-state index contributed by atoms with van der Waals surface area (Å²) in [5, 5.41) is 1.05. The minimum absolute atomic E-state index is 0.178. The lowest BCUT2D eigenvalue weighted by Crippen LogP contribution is -1.95. The fourth-order valence-corrected chi connectivity index (χ4v) is 1.95. The average Bonchev–Trinajstić information content (AvgIpc) is 2.79. The number of fused-ring (bicyclic) bond motifs is 1. The predicted octanol–water partition coefficient (Wildman–Crippen LogP) is 4.11. The van der Waals surface area contributed by atoms with E-state index in [0.29, 0.717) is 32.9 Å². The summed E-state index contributed by atoms with van der Waals surface area (Å²) in [4.78, 5) is 8.27. The summed E-state index contributed by atoms with van der Waals surface area (Å²) in [5.41, 5.74) is 1.03. The summed E-state index contributed by atoms with van der Waals surface area (Å²) in [6.45, 7) is 0.178. The van der Waals surface area contributed by atoms with Crippen LogP contribution >= 0.6 is 23.2 Å². The molecule has 0 atom stereocenters. The minimum Gasteiger partial charge on any atom is -0.482 e. The molecule has 0 aliphatic rings. The van der Waals surface area contributed by atoms with E-state index >= 15 is 0 Å². The van der Waals surface area contributed by atoms with Crippen LogP contribution in [0.15, 0.2) is 40.9 Å². The molecule has 2 aromatic heterocycles. The molecule has 0 spiro atoms. The van der Waals surface area contributed by atoms with Gasteiger partial charge in [-0.1, -0.05) is 35.3 Å². The van der Waals surface area contributed by atoms with E-state index in [1.165, 1.54) is 6.20 Å². The molecule has 0 N–H and O–H groups in total. The molecule has 0 radical (unpaired) electrons. The molecule has 0 unspecified atom stereocenters. The first-order chi connectivity index (χ1) is 9.22. The van der Waals surface area contributed by atoms with Gasteiger partial charge in [-0.15, -0.1) is 0 Å². The molecule has 0 aliphatic heterocycles. The lowest BCUT2D eigenvalue weighted by molar-refractivity contribution is 0.266. The Balaban J connectivity index is 1.80. The predicted molar refractivity (Wildman–Crippen MR) is 72.6 cm³/mol. The van der Waals surface area contributed by atoms with Gasteiger partial charge in [0.05, 0.1) is 10.0 Å². The maximum atomic E-state index is 5.98. The molecule has 0 amide bonds. The van der Waals surface area contributed by atoms with Gasteiger partial charge >= 0.3 is 0 Å². The van der Waals surface area contributed by atoms with Gasteiger partial charge < -0.3 is 9.15 Å². The maximum absolute atomic E-state index is 5.98. The number of nitrogens with zero attached hydrogens (tertiary/aromatic N) is 2. The van der Waals surface area contributed by atoms with Crippen molar-refractivity contribution in [2.75, 3.05) is 0 Å². The molecule has 2 heterocycles. The number of benzene rings is 1. The van der Waals surface area contributed by atoms with Crippen molar-refractivity contribution in [2.45, 2.75) is 6.61 Å². The Bertz CT molecular complexity index is 727. The van der Waals surface area contributed by atoms with E-state index in [9.17, 15) is 0 Å². The van der Waals surface area contributed by atoms with Crippen LogP contribution in [0.2, 0.25) is 10.0 Å². The summed E-state index contributed by atoms with van der Waals surface area (Å²) < 4.78 is 11.0. The first-order valence-corrected chi connectivity index (χ1v) is 6.26. The van der Waals surface area contributed by atoms with Crippen LogP contribution in [0.3, 0.4) is 0 Å². The van der Waals surface area contributed by atoms with E-state index in [2.05, 4.69) is 9.97 Å². The van der Waals surface area contributed by atoms with E-state index in [-0.39, 0.29) is 6.61 Å². The molecule has 6 heteroatoms. The number of para-hydroxylation sites is 1. The van der Waals surface area contributed by atoms with Gasteiger partial charge in [-0.3, -0.25) is 0 Å². The van der Waals surface area contributed by atoms with Crippen LogP contribution in [0, 0.1) is 0 Å². The molecule has 1 aromatic carbocycles. The van der Waals surface area contributed by atoms with Crippen molar-refractivity contribution in [2.24, 2.45) is 0 Å². The Morgan fingerprint density at radius 2 is 2.05 bits per heavy atom. The average molecular weight is 295 g/mol. The lowest BCUT2D eigenvalue weighted by atomic mass is 10.3. The Labute approximate surface area is 118 Å². The molecule has 0 saturated carbocycles. The van der Waals surface area contributed by atoms with Crippen molar-refractivity contribution in [3.8, 4) is 5.75 Å². The third-order valence-corrected chi connectivity index (χ3v) is 2.97. The second-order valence-corrected chi connectivity index (χ2v) is 4.65. The molecule has 0 saturated heterocycles. The topological polar surface area (TPSA) is 48.2 Å². The smallest absolute Gasteiger partial charge is 0.247 e. The molecule has 3 rings (SSSR count). The number of hydrogen-bond donors (Lipinski definition) is 0. The van der Waals surface area contributed by atoms with E-state index < -0.39 is 0 Å². The number of ether oxygens (including phenoxy) is 1. The van der Waals surface area contributed by atoms with Crippen LogP contribution in [-0.4, -0.2) is 9.97 Å². The van der Waals surface area contributed by atoms with Crippen LogP contribution in [-0.2, 0) is 6.61 Å². The van der Waals surface area contributed by atoms with Gasteiger partial charge in [0.25, 0.3) is 0 Å². The summed E-state index contributed by atoms with van der Waals surface area (Å²) in [6.07, 6.45) is 1.51. The number of halogens is 2. The van der Waals surface area contributed by atoms with Crippen molar-refractivity contribution in [1.82, 2.24) is 9.97 Å². The molecule has 0 fully saturated rings.